The van der Waals surface area contributed by atoms with Gasteiger partial charge in [0.15, 0.2) is 0 Å². The van der Waals surface area contributed by atoms with Gasteiger partial charge in [0, 0.05) is 15.3 Å². The predicted octanol–water partition coefficient (Wildman–Crippen LogP) is 5.80. The second kappa shape index (κ2) is 5.66. The van der Waals surface area contributed by atoms with Crippen molar-refractivity contribution < 1.29 is 4.39 Å². The molecule has 0 aliphatic rings. The summed E-state index contributed by atoms with van der Waals surface area (Å²) in [5.41, 5.74) is 2.66. The fourth-order valence-electron chi connectivity index (χ4n) is 2.16. The van der Waals surface area contributed by atoms with Gasteiger partial charge in [-0.25, -0.2) is 9.37 Å². The van der Waals surface area contributed by atoms with E-state index in [2.05, 4.69) is 4.98 Å². The zero-order chi connectivity index (χ0) is 15.0. The van der Waals surface area contributed by atoms with Gasteiger partial charge in [0.2, 0.25) is 0 Å². The van der Waals surface area contributed by atoms with E-state index in [9.17, 15) is 4.39 Å². The number of halogens is 2. The molecule has 0 fully saturated rings. The Morgan fingerprint density at radius 1 is 1.00 bits per heavy atom. The van der Waals surface area contributed by atoms with Gasteiger partial charge in [-0.1, -0.05) is 29.4 Å². The van der Waals surface area contributed by atoms with Crippen molar-refractivity contribution >= 4 is 34.3 Å². The normalized spacial score (nSPS) is 11.0. The van der Waals surface area contributed by atoms with Crippen LogP contribution in [0.4, 0.5) is 4.39 Å². The van der Waals surface area contributed by atoms with Crippen molar-refractivity contribution in [2.45, 2.75) is 23.8 Å². The van der Waals surface area contributed by atoms with Crippen LogP contribution in [0.1, 0.15) is 11.1 Å². The topological polar surface area (TPSA) is 12.9 Å². The van der Waals surface area contributed by atoms with Gasteiger partial charge in [0.05, 0.1) is 5.52 Å². The number of nitrogens with zero attached hydrogens (tertiary/aromatic N) is 1. The molecule has 0 saturated heterocycles. The van der Waals surface area contributed by atoms with Crippen molar-refractivity contribution in [2.24, 2.45) is 0 Å². The van der Waals surface area contributed by atoms with Crippen molar-refractivity contribution in [3.63, 3.8) is 0 Å². The maximum atomic E-state index is 13.9. The summed E-state index contributed by atoms with van der Waals surface area (Å²) in [5, 5.41) is 2.17. The number of aryl methyl sites for hydroxylation is 2. The van der Waals surface area contributed by atoms with E-state index in [1.807, 2.05) is 44.2 Å². The Morgan fingerprint density at radius 3 is 2.43 bits per heavy atom. The number of fused-ring (bicyclic) bond motifs is 1. The average molecular weight is 318 g/mol. The molecule has 2 aromatic carbocycles. The van der Waals surface area contributed by atoms with Gasteiger partial charge in [0.1, 0.15) is 10.8 Å². The van der Waals surface area contributed by atoms with Crippen molar-refractivity contribution in [1.82, 2.24) is 4.98 Å². The van der Waals surface area contributed by atoms with Gasteiger partial charge < -0.3 is 0 Å². The summed E-state index contributed by atoms with van der Waals surface area (Å²) in [6, 6.07) is 12.7. The minimum Gasteiger partial charge on any atom is -0.240 e. The third-order valence-corrected chi connectivity index (χ3v) is 4.67. The maximum absolute atomic E-state index is 13.9. The average Bonchev–Trinajstić information content (AvgIpc) is 2.47. The molecule has 3 aromatic rings. The van der Waals surface area contributed by atoms with E-state index >= 15 is 0 Å². The van der Waals surface area contributed by atoms with E-state index in [4.69, 9.17) is 11.6 Å². The molecule has 21 heavy (non-hydrogen) atoms. The molecule has 0 aliphatic heterocycles. The monoisotopic (exact) mass is 317 g/mol. The molecule has 0 saturated carbocycles. The number of aromatic nitrogens is 1. The molecule has 1 nitrogen and oxygen atoms in total. The lowest BCUT2D eigenvalue weighted by Gasteiger charge is -2.09. The molecular weight excluding hydrogens is 305 g/mol. The van der Waals surface area contributed by atoms with Gasteiger partial charge in [-0.15, -0.1) is 0 Å². The van der Waals surface area contributed by atoms with Crippen molar-refractivity contribution in [3.05, 3.63) is 64.4 Å². The Morgan fingerprint density at radius 2 is 1.71 bits per heavy atom. The van der Waals surface area contributed by atoms with Crippen LogP contribution in [0.5, 0.6) is 0 Å². The standard InChI is InChI=1S/C17H13ClFNS/c1-10-3-8-15(19)14-9-11(2)17(20-16(10)14)21-13-6-4-12(18)5-7-13/h3-9H,1-2H3. The van der Waals surface area contributed by atoms with Crippen LogP contribution in [0.2, 0.25) is 5.02 Å². The van der Waals surface area contributed by atoms with Crippen LogP contribution in [0.3, 0.4) is 0 Å². The molecule has 1 heterocycles. The SMILES string of the molecule is Cc1cc2c(F)ccc(C)c2nc1Sc1ccc(Cl)cc1. The Bertz CT molecular complexity index is 815. The highest BCUT2D eigenvalue weighted by Gasteiger charge is 2.10. The van der Waals surface area contributed by atoms with E-state index in [1.54, 1.807) is 17.8 Å². The highest BCUT2D eigenvalue weighted by Crippen LogP contribution is 2.32. The molecule has 0 amide bonds. The zero-order valence-corrected chi connectivity index (χ0v) is 13.2. The fraction of sp³-hybridized carbons (Fsp3) is 0.118. The van der Waals surface area contributed by atoms with Gasteiger partial charge in [-0.2, -0.15) is 0 Å². The molecule has 3 rings (SSSR count). The minimum absolute atomic E-state index is 0.228. The Hall–Kier alpha value is -1.58. The van der Waals surface area contributed by atoms with Gasteiger partial charge >= 0.3 is 0 Å². The molecular formula is C17H13ClFNS. The summed E-state index contributed by atoms with van der Waals surface area (Å²) in [6.07, 6.45) is 0. The summed E-state index contributed by atoms with van der Waals surface area (Å²) in [4.78, 5) is 5.70. The second-order valence-electron chi connectivity index (χ2n) is 4.93. The maximum Gasteiger partial charge on any atom is 0.132 e. The van der Waals surface area contributed by atoms with Crippen LogP contribution in [0, 0.1) is 19.7 Å². The van der Waals surface area contributed by atoms with Crippen LogP contribution >= 0.6 is 23.4 Å². The molecule has 0 atom stereocenters. The molecule has 4 heteroatoms. The summed E-state index contributed by atoms with van der Waals surface area (Å²) in [7, 11) is 0. The van der Waals surface area contributed by atoms with E-state index in [0.29, 0.717) is 10.4 Å². The lowest BCUT2D eigenvalue weighted by atomic mass is 10.1. The first-order valence-electron chi connectivity index (χ1n) is 6.54. The first-order valence-corrected chi connectivity index (χ1v) is 7.74. The number of hydrogen-bond acceptors (Lipinski definition) is 2. The summed E-state index contributed by atoms with van der Waals surface area (Å²) >= 11 is 7.46. The minimum atomic E-state index is -0.228. The molecule has 106 valence electrons. The van der Waals surface area contributed by atoms with Crippen LogP contribution < -0.4 is 0 Å². The molecule has 0 N–H and O–H groups in total. The lowest BCUT2D eigenvalue weighted by Crippen LogP contribution is -1.92. The third-order valence-electron chi connectivity index (χ3n) is 3.31. The molecule has 0 spiro atoms. The first-order chi connectivity index (χ1) is 10.0. The Labute approximate surface area is 132 Å². The predicted molar refractivity (Wildman–Crippen MR) is 86.8 cm³/mol. The third kappa shape index (κ3) is 2.89. The summed E-state index contributed by atoms with van der Waals surface area (Å²) < 4.78 is 13.9. The van der Waals surface area contributed by atoms with E-state index in [0.717, 1.165) is 26.6 Å². The Balaban J connectivity index is 2.08. The van der Waals surface area contributed by atoms with E-state index < -0.39 is 0 Å². The van der Waals surface area contributed by atoms with Gasteiger partial charge in [-0.05, 0) is 61.4 Å². The molecule has 0 radical (unpaired) electrons. The van der Waals surface area contributed by atoms with Gasteiger partial charge in [-0.3, -0.25) is 0 Å². The Kier molecular flexibility index (Phi) is 3.87. The zero-order valence-electron chi connectivity index (χ0n) is 11.7. The molecule has 0 aliphatic carbocycles. The van der Waals surface area contributed by atoms with Crippen molar-refractivity contribution in [3.8, 4) is 0 Å². The molecule has 1 aromatic heterocycles. The fourth-order valence-corrected chi connectivity index (χ4v) is 3.14. The van der Waals surface area contributed by atoms with Crippen LogP contribution in [-0.2, 0) is 0 Å². The second-order valence-corrected chi connectivity index (χ2v) is 6.43. The number of benzene rings is 2. The number of hydrogen-bond donors (Lipinski definition) is 0. The van der Waals surface area contributed by atoms with Crippen molar-refractivity contribution in [1.29, 1.82) is 0 Å². The lowest BCUT2D eigenvalue weighted by molar-refractivity contribution is 0.639. The number of rotatable bonds is 2. The van der Waals surface area contributed by atoms with Crippen LogP contribution in [0.25, 0.3) is 10.9 Å². The van der Waals surface area contributed by atoms with Gasteiger partial charge in [0.25, 0.3) is 0 Å². The summed E-state index contributed by atoms with van der Waals surface area (Å²) in [5.74, 6) is -0.228. The largest absolute Gasteiger partial charge is 0.240 e. The molecule has 0 unspecified atom stereocenters. The smallest absolute Gasteiger partial charge is 0.132 e. The number of pyridine rings is 1. The molecule has 0 bridgehead atoms. The quantitative estimate of drug-likeness (QED) is 0.593. The highest BCUT2D eigenvalue weighted by molar-refractivity contribution is 7.99. The van der Waals surface area contributed by atoms with Crippen LogP contribution in [-0.4, -0.2) is 4.98 Å². The van der Waals surface area contributed by atoms with Crippen molar-refractivity contribution in [2.75, 3.05) is 0 Å². The summed E-state index contributed by atoms with van der Waals surface area (Å²) in [6.45, 7) is 3.90. The highest BCUT2D eigenvalue weighted by atomic mass is 35.5. The van der Waals surface area contributed by atoms with E-state index in [-0.39, 0.29) is 5.82 Å². The van der Waals surface area contributed by atoms with Crippen LogP contribution in [0.15, 0.2) is 52.4 Å². The van der Waals surface area contributed by atoms with E-state index in [1.165, 1.54) is 6.07 Å². The first kappa shape index (κ1) is 14.4.